The molecule has 0 spiro atoms. The van der Waals surface area contributed by atoms with Crippen LogP contribution in [0.25, 0.3) is 0 Å². The molecular formula is C22H23BrN2O2. The summed E-state index contributed by atoms with van der Waals surface area (Å²) in [6, 6.07) is 14.3. The summed E-state index contributed by atoms with van der Waals surface area (Å²) in [4.78, 5) is 25.8. The molecule has 0 aromatic heterocycles. The van der Waals surface area contributed by atoms with Crippen LogP contribution in [-0.2, 0) is 17.6 Å². The van der Waals surface area contributed by atoms with Gasteiger partial charge in [0, 0.05) is 40.8 Å². The lowest BCUT2D eigenvalue weighted by Crippen LogP contribution is -2.44. The largest absolute Gasteiger partial charge is 0.371 e. The molecule has 1 aliphatic heterocycles. The molecule has 1 amide bonds. The molecule has 0 unspecified atom stereocenters. The zero-order valence-electron chi connectivity index (χ0n) is 15.2. The minimum absolute atomic E-state index is 0.0888. The van der Waals surface area contributed by atoms with Crippen LogP contribution in [0.15, 0.2) is 46.9 Å². The van der Waals surface area contributed by atoms with Gasteiger partial charge in [-0.15, -0.1) is 0 Å². The molecule has 1 saturated heterocycles. The molecule has 0 saturated carbocycles. The number of hydrogen-bond acceptors (Lipinski definition) is 3. The van der Waals surface area contributed by atoms with Crippen LogP contribution >= 0.6 is 15.9 Å². The van der Waals surface area contributed by atoms with Crippen molar-refractivity contribution in [2.45, 2.75) is 31.7 Å². The Bertz CT molecular complexity index is 842. The number of benzene rings is 2. The van der Waals surface area contributed by atoms with Gasteiger partial charge in [0.2, 0.25) is 5.91 Å². The molecule has 2 aromatic rings. The van der Waals surface area contributed by atoms with E-state index in [9.17, 15) is 9.59 Å². The summed E-state index contributed by atoms with van der Waals surface area (Å²) in [5.74, 6) is 0.286. The van der Waals surface area contributed by atoms with Gasteiger partial charge in [-0.05, 0) is 73.2 Å². The first-order valence-electron chi connectivity index (χ1n) is 9.50. The van der Waals surface area contributed by atoms with E-state index in [0.29, 0.717) is 5.56 Å². The molecule has 4 nitrogen and oxygen atoms in total. The van der Waals surface area contributed by atoms with Crippen molar-refractivity contribution in [2.24, 2.45) is 5.92 Å². The van der Waals surface area contributed by atoms with Gasteiger partial charge >= 0.3 is 0 Å². The van der Waals surface area contributed by atoms with Crippen molar-refractivity contribution in [3.05, 3.63) is 63.6 Å². The fourth-order valence-corrected chi connectivity index (χ4v) is 4.58. The second-order valence-corrected chi connectivity index (χ2v) is 8.41. The van der Waals surface area contributed by atoms with Crippen molar-refractivity contribution in [3.63, 3.8) is 0 Å². The van der Waals surface area contributed by atoms with Crippen LogP contribution < -0.4 is 10.2 Å². The first-order valence-corrected chi connectivity index (χ1v) is 10.3. The molecule has 4 rings (SSSR count). The molecule has 2 aliphatic rings. The van der Waals surface area contributed by atoms with Crippen molar-refractivity contribution in [1.82, 2.24) is 5.32 Å². The molecule has 27 heavy (non-hydrogen) atoms. The second kappa shape index (κ2) is 7.85. The van der Waals surface area contributed by atoms with Crippen molar-refractivity contribution >= 4 is 33.8 Å². The molecule has 1 atom stereocenters. The van der Waals surface area contributed by atoms with Gasteiger partial charge in [-0.25, -0.2) is 0 Å². The molecule has 0 radical (unpaired) electrons. The third-order valence-corrected chi connectivity index (χ3v) is 6.20. The van der Waals surface area contributed by atoms with Gasteiger partial charge in [-0.2, -0.15) is 0 Å². The number of halogens is 1. The number of nitrogens with one attached hydrogen (secondary N) is 1. The number of nitrogens with zero attached hydrogens (tertiary/aromatic N) is 1. The number of piperidine rings is 1. The Hall–Kier alpha value is -2.14. The number of aldehydes is 1. The maximum atomic E-state index is 12.7. The van der Waals surface area contributed by atoms with Crippen LogP contribution in [0, 0.1) is 5.92 Å². The Labute approximate surface area is 168 Å². The number of fused-ring (bicyclic) bond motifs is 1. The van der Waals surface area contributed by atoms with Crippen molar-refractivity contribution in [3.8, 4) is 0 Å². The van der Waals surface area contributed by atoms with Gasteiger partial charge in [0.05, 0.1) is 0 Å². The molecular weight excluding hydrogens is 404 g/mol. The minimum Gasteiger partial charge on any atom is -0.371 e. The van der Waals surface area contributed by atoms with Crippen LogP contribution in [0.2, 0.25) is 0 Å². The molecule has 5 heteroatoms. The molecule has 140 valence electrons. The van der Waals surface area contributed by atoms with E-state index in [-0.39, 0.29) is 17.9 Å². The van der Waals surface area contributed by atoms with Crippen LogP contribution in [0.1, 0.15) is 34.3 Å². The quantitative estimate of drug-likeness (QED) is 0.757. The van der Waals surface area contributed by atoms with Crippen LogP contribution in [0.5, 0.6) is 0 Å². The van der Waals surface area contributed by atoms with Gasteiger partial charge in [0.1, 0.15) is 6.29 Å². The van der Waals surface area contributed by atoms with Crippen LogP contribution in [-0.4, -0.2) is 31.3 Å². The van der Waals surface area contributed by atoms with E-state index in [2.05, 4.69) is 44.3 Å². The molecule has 0 bridgehead atoms. The molecule has 1 N–H and O–H groups in total. The summed E-state index contributed by atoms with van der Waals surface area (Å²) in [5.41, 5.74) is 4.49. The van der Waals surface area contributed by atoms with E-state index in [0.717, 1.165) is 55.2 Å². The summed E-state index contributed by atoms with van der Waals surface area (Å²) >= 11 is 3.52. The Kier molecular flexibility index (Phi) is 5.30. The van der Waals surface area contributed by atoms with E-state index in [1.54, 1.807) is 0 Å². The maximum absolute atomic E-state index is 12.7. The van der Waals surface area contributed by atoms with E-state index < -0.39 is 0 Å². The Morgan fingerprint density at radius 2 is 1.74 bits per heavy atom. The lowest BCUT2D eigenvalue weighted by molar-refractivity contribution is -0.126. The highest BCUT2D eigenvalue weighted by Crippen LogP contribution is 2.27. The predicted molar refractivity (Wildman–Crippen MR) is 110 cm³/mol. The van der Waals surface area contributed by atoms with Gasteiger partial charge in [-0.3, -0.25) is 9.59 Å². The first-order chi connectivity index (χ1) is 13.1. The van der Waals surface area contributed by atoms with E-state index in [4.69, 9.17) is 0 Å². The van der Waals surface area contributed by atoms with Gasteiger partial charge in [0.15, 0.2) is 0 Å². The summed E-state index contributed by atoms with van der Waals surface area (Å²) in [6.07, 6.45) is 4.44. The van der Waals surface area contributed by atoms with Crippen molar-refractivity contribution < 1.29 is 9.59 Å². The highest BCUT2D eigenvalue weighted by molar-refractivity contribution is 9.10. The van der Waals surface area contributed by atoms with Crippen LogP contribution in [0.3, 0.4) is 0 Å². The zero-order chi connectivity index (χ0) is 18.8. The summed E-state index contributed by atoms with van der Waals surface area (Å²) < 4.78 is 1.10. The smallest absolute Gasteiger partial charge is 0.223 e. The third-order valence-electron chi connectivity index (χ3n) is 5.71. The third kappa shape index (κ3) is 4.08. The van der Waals surface area contributed by atoms with Gasteiger partial charge in [-0.1, -0.05) is 22.0 Å². The molecule has 2 aromatic carbocycles. The SMILES string of the molecule is O=Cc1ccc(N2CCC(C(=O)N[C@H]3Cc4ccc(Br)cc4C3)CC2)cc1. The normalized spacial score (nSPS) is 19.6. The number of amides is 1. The van der Waals surface area contributed by atoms with Crippen molar-refractivity contribution in [1.29, 1.82) is 0 Å². The fraction of sp³-hybridized carbons (Fsp3) is 0.364. The maximum Gasteiger partial charge on any atom is 0.223 e. The summed E-state index contributed by atoms with van der Waals surface area (Å²) in [7, 11) is 0. The average molecular weight is 427 g/mol. The standard InChI is InChI=1S/C22H23BrN2O2/c23-19-4-3-17-12-20(13-18(17)11-19)24-22(27)16-7-9-25(10-8-16)21-5-1-15(14-26)2-6-21/h1-6,11,14,16,20H,7-10,12-13H2,(H,24,27)/t20-/m0/s1. The monoisotopic (exact) mass is 426 g/mol. The fourth-order valence-electron chi connectivity index (χ4n) is 4.17. The van der Waals surface area contributed by atoms with E-state index in [1.165, 1.54) is 11.1 Å². The van der Waals surface area contributed by atoms with E-state index in [1.807, 2.05) is 24.3 Å². The average Bonchev–Trinajstić information content (AvgIpc) is 3.09. The highest BCUT2D eigenvalue weighted by Gasteiger charge is 2.29. The number of rotatable bonds is 4. The lowest BCUT2D eigenvalue weighted by atomic mass is 9.95. The zero-order valence-corrected chi connectivity index (χ0v) is 16.7. The number of carbonyl (C=O) groups is 2. The topological polar surface area (TPSA) is 49.4 Å². The first kappa shape index (κ1) is 18.2. The lowest BCUT2D eigenvalue weighted by Gasteiger charge is -2.33. The van der Waals surface area contributed by atoms with Gasteiger partial charge < -0.3 is 10.2 Å². The number of hydrogen-bond donors (Lipinski definition) is 1. The van der Waals surface area contributed by atoms with Crippen LogP contribution in [0.4, 0.5) is 5.69 Å². The number of anilines is 1. The Balaban J connectivity index is 1.29. The van der Waals surface area contributed by atoms with Gasteiger partial charge in [0.25, 0.3) is 0 Å². The second-order valence-electron chi connectivity index (χ2n) is 7.50. The Morgan fingerprint density at radius 1 is 1.04 bits per heavy atom. The highest BCUT2D eigenvalue weighted by atomic mass is 79.9. The summed E-state index contributed by atoms with van der Waals surface area (Å²) in [5, 5.41) is 3.27. The molecule has 1 heterocycles. The predicted octanol–water partition coefficient (Wildman–Crippen LogP) is 3.76. The minimum atomic E-state index is 0.0888. The number of carbonyl (C=O) groups excluding carboxylic acids is 2. The summed E-state index contributed by atoms with van der Waals surface area (Å²) in [6.45, 7) is 1.74. The molecule has 1 fully saturated rings. The molecule has 1 aliphatic carbocycles. The van der Waals surface area contributed by atoms with E-state index >= 15 is 0 Å². The Morgan fingerprint density at radius 3 is 2.44 bits per heavy atom. The van der Waals surface area contributed by atoms with Crippen molar-refractivity contribution in [2.75, 3.05) is 18.0 Å².